The molecular weight excluding hydrogens is 440 g/mol. The van der Waals surface area contributed by atoms with Crippen LogP contribution in [0.25, 0.3) is 5.65 Å². The summed E-state index contributed by atoms with van der Waals surface area (Å²) < 4.78 is 7.97. The molecule has 5 heterocycles. The lowest BCUT2D eigenvalue weighted by Gasteiger charge is -2.38. The zero-order valence-electron chi connectivity index (χ0n) is 21.2. The van der Waals surface area contributed by atoms with Gasteiger partial charge in [0.05, 0.1) is 12.8 Å². The van der Waals surface area contributed by atoms with E-state index in [0.717, 1.165) is 54.9 Å². The molecule has 1 fully saturated rings. The number of anilines is 2. The molecule has 3 aromatic heterocycles. The Morgan fingerprint density at radius 2 is 1.86 bits per heavy atom. The molecule has 1 spiro atoms. The Hall–Kier alpha value is -2.94. The van der Waals surface area contributed by atoms with Crippen molar-refractivity contribution in [3.8, 4) is 5.88 Å². The Morgan fingerprint density at radius 1 is 1.00 bits per heavy atom. The van der Waals surface area contributed by atoms with Crippen LogP contribution in [0.5, 0.6) is 5.88 Å². The van der Waals surface area contributed by atoms with E-state index in [1.54, 1.807) is 0 Å². The number of nitrogens with zero attached hydrogens (tertiary/aromatic N) is 5. The minimum atomic E-state index is 0.263. The second-order valence-electron chi connectivity index (χ2n) is 10.4. The quantitative estimate of drug-likeness (QED) is 0.476. The molecule has 9 nitrogen and oxygen atoms in total. The summed E-state index contributed by atoms with van der Waals surface area (Å²) >= 11 is 0. The Labute approximate surface area is 207 Å². The maximum absolute atomic E-state index is 6.16. The van der Waals surface area contributed by atoms with Gasteiger partial charge in [0.2, 0.25) is 17.8 Å². The van der Waals surface area contributed by atoms with Gasteiger partial charge >= 0.3 is 0 Å². The van der Waals surface area contributed by atoms with E-state index in [4.69, 9.17) is 14.7 Å². The fourth-order valence-electron chi connectivity index (χ4n) is 5.18. The van der Waals surface area contributed by atoms with Gasteiger partial charge in [0.25, 0.3) is 0 Å². The summed E-state index contributed by atoms with van der Waals surface area (Å²) in [5.74, 6) is 2.35. The molecule has 0 aliphatic carbocycles. The minimum Gasteiger partial charge on any atom is -0.477 e. The fraction of sp³-hybridized carbons (Fsp3) is 0.615. The van der Waals surface area contributed by atoms with Gasteiger partial charge in [-0.2, -0.15) is 19.6 Å². The Morgan fingerprint density at radius 3 is 2.69 bits per heavy atom. The summed E-state index contributed by atoms with van der Waals surface area (Å²) in [6, 6.07) is 4.10. The average Bonchev–Trinajstić information content (AvgIpc) is 3.29. The topological polar surface area (TPSA) is 101 Å². The molecule has 9 heteroatoms. The fourth-order valence-corrected chi connectivity index (χ4v) is 5.18. The number of rotatable bonds is 1. The van der Waals surface area contributed by atoms with E-state index in [9.17, 15) is 0 Å². The van der Waals surface area contributed by atoms with Gasteiger partial charge < -0.3 is 20.7 Å². The van der Waals surface area contributed by atoms with Crippen LogP contribution in [0.4, 0.5) is 11.9 Å². The van der Waals surface area contributed by atoms with Crippen LogP contribution < -0.4 is 20.7 Å². The highest BCUT2D eigenvalue weighted by Crippen LogP contribution is 2.35. The van der Waals surface area contributed by atoms with E-state index in [-0.39, 0.29) is 5.41 Å². The smallest absolute Gasteiger partial charge is 0.229 e. The molecule has 2 bridgehead atoms. The van der Waals surface area contributed by atoms with Gasteiger partial charge in [-0.3, -0.25) is 0 Å². The van der Waals surface area contributed by atoms with E-state index in [1.165, 1.54) is 25.7 Å². The third kappa shape index (κ3) is 5.34. The van der Waals surface area contributed by atoms with Gasteiger partial charge in [-0.05, 0) is 63.1 Å². The van der Waals surface area contributed by atoms with E-state index < -0.39 is 0 Å². The van der Waals surface area contributed by atoms with Gasteiger partial charge in [-0.25, -0.2) is 4.98 Å². The second kappa shape index (κ2) is 10.4. The molecule has 188 valence electrons. The molecule has 0 radical (unpaired) electrons. The van der Waals surface area contributed by atoms with Gasteiger partial charge in [0.1, 0.15) is 0 Å². The number of hydrogen-bond donors (Lipinski definition) is 3. The first-order valence-electron chi connectivity index (χ1n) is 13.1. The van der Waals surface area contributed by atoms with Crippen molar-refractivity contribution in [2.75, 3.05) is 36.9 Å². The van der Waals surface area contributed by atoms with E-state index >= 15 is 0 Å². The molecule has 0 saturated carbocycles. The highest BCUT2D eigenvalue weighted by Gasteiger charge is 2.32. The van der Waals surface area contributed by atoms with Crippen LogP contribution in [0.15, 0.2) is 18.3 Å². The predicted molar refractivity (Wildman–Crippen MR) is 138 cm³/mol. The summed E-state index contributed by atoms with van der Waals surface area (Å²) in [4.78, 5) is 14.4. The molecule has 0 amide bonds. The van der Waals surface area contributed by atoms with Gasteiger partial charge in [0.15, 0.2) is 5.65 Å². The van der Waals surface area contributed by atoms with Crippen LogP contribution in [0.2, 0.25) is 0 Å². The molecule has 3 N–H and O–H groups in total. The molecule has 35 heavy (non-hydrogen) atoms. The molecule has 5 rings (SSSR count). The number of hydrogen-bond acceptors (Lipinski definition) is 8. The van der Waals surface area contributed by atoms with E-state index in [0.29, 0.717) is 36.8 Å². The van der Waals surface area contributed by atoms with Crippen LogP contribution in [-0.2, 0) is 6.54 Å². The number of ether oxygens (including phenoxy) is 1. The van der Waals surface area contributed by atoms with Crippen LogP contribution >= 0.6 is 0 Å². The zero-order chi connectivity index (χ0) is 24.3. The van der Waals surface area contributed by atoms with E-state index in [1.807, 2.05) is 23.7 Å². The summed E-state index contributed by atoms with van der Waals surface area (Å²) in [6.45, 7) is 10.6. The lowest BCUT2D eigenvalue weighted by atomic mass is 9.75. The number of piperidine rings is 1. The van der Waals surface area contributed by atoms with Crippen molar-refractivity contribution in [1.82, 2.24) is 29.9 Å². The number of nitrogens with one attached hydrogen (secondary N) is 3. The monoisotopic (exact) mass is 478 g/mol. The third-order valence-corrected chi connectivity index (χ3v) is 7.41. The maximum Gasteiger partial charge on any atom is 0.229 e. The lowest BCUT2D eigenvalue weighted by Crippen LogP contribution is -2.41. The van der Waals surface area contributed by atoms with Gasteiger partial charge in [-0.15, -0.1) is 0 Å². The van der Waals surface area contributed by atoms with Crippen molar-refractivity contribution < 1.29 is 4.74 Å². The van der Waals surface area contributed by atoms with Crippen LogP contribution in [0.3, 0.4) is 0 Å². The van der Waals surface area contributed by atoms with Gasteiger partial charge in [-0.1, -0.05) is 32.8 Å². The summed E-state index contributed by atoms with van der Waals surface area (Å²) in [5.41, 5.74) is 4.19. The lowest BCUT2D eigenvalue weighted by molar-refractivity contribution is 0.191. The maximum atomic E-state index is 6.16. The Kier molecular flexibility index (Phi) is 7.04. The second-order valence-corrected chi connectivity index (χ2v) is 10.4. The average molecular weight is 479 g/mol. The number of aromatic nitrogens is 5. The van der Waals surface area contributed by atoms with Gasteiger partial charge in [0, 0.05) is 29.9 Å². The standard InChI is InChI=1S/C26H38N8O/c1-18(2)21-16-30-34-22(21)32-24-29-17-26(10-12-27-13-11-26)9-5-4-6-14-35-23-20(8-7-19(3)31-23)15-28-25(34)33-24/h7-8,16,18,27H,4-6,9-15,17H2,1-3H3,(H2,28,29,32,33). The highest BCUT2D eigenvalue weighted by atomic mass is 16.5. The van der Waals surface area contributed by atoms with Crippen LogP contribution in [-0.4, -0.2) is 50.8 Å². The first-order valence-corrected chi connectivity index (χ1v) is 13.1. The Balaban J connectivity index is 1.51. The zero-order valence-corrected chi connectivity index (χ0v) is 21.2. The summed E-state index contributed by atoms with van der Waals surface area (Å²) in [7, 11) is 0. The molecule has 0 unspecified atom stereocenters. The number of fused-ring (bicyclic) bond motifs is 5. The van der Waals surface area contributed by atoms with Crippen molar-refractivity contribution in [3.05, 3.63) is 35.2 Å². The van der Waals surface area contributed by atoms with Crippen LogP contribution in [0.1, 0.15) is 75.1 Å². The van der Waals surface area contributed by atoms with Crippen molar-refractivity contribution in [2.24, 2.45) is 5.41 Å². The first kappa shape index (κ1) is 23.8. The third-order valence-electron chi connectivity index (χ3n) is 7.41. The molecule has 0 atom stereocenters. The highest BCUT2D eigenvalue weighted by molar-refractivity contribution is 5.56. The molecule has 2 aliphatic heterocycles. The van der Waals surface area contributed by atoms with Crippen molar-refractivity contribution in [3.63, 3.8) is 0 Å². The first-order chi connectivity index (χ1) is 17.0. The van der Waals surface area contributed by atoms with Crippen LogP contribution in [0, 0.1) is 12.3 Å². The van der Waals surface area contributed by atoms with Crippen molar-refractivity contribution >= 4 is 17.5 Å². The number of aryl methyl sites for hydroxylation is 1. The minimum absolute atomic E-state index is 0.263. The molecule has 1 saturated heterocycles. The summed E-state index contributed by atoms with van der Waals surface area (Å²) in [5, 5.41) is 15.3. The Bertz CT molecular complexity index is 1150. The molecular formula is C26H38N8O. The molecule has 3 aromatic rings. The molecule has 0 aromatic carbocycles. The number of pyridine rings is 1. The predicted octanol–water partition coefficient (Wildman–Crippen LogP) is 4.30. The summed E-state index contributed by atoms with van der Waals surface area (Å²) in [6.07, 6.45) is 8.85. The van der Waals surface area contributed by atoms with E-state index in [2.05, 4.69) is 45.9 Å². The largest absolute Gasteiger partial charge is 0.477 e. The van der Waals surface area contributed by atoms with Crippen molar-refractivity contribution in [2.45, 2.75) is 71.8 Å². The van der Waals surface area contributed by atoms with Crippen molar-refractivity contribution in [1.29, 1.82) is 0 Å². The SMILES string of the molecule is Cc1ccc2c(n1)OCCCCCC1(CCNCC1)CNc1nc(n3ncc(C(C)C)c3n1)NC2. The normalized spacial score (nSPS) is 19.1. The molecule has 2 aliphatic rings.